The smallest absolute Gasteiger partial charge is 0.414 e. The van der Waals surface area contributed by atoms with Crippen LogP contribution in [-0.2, 0) is 4.74 Å². The minimum Gasteiger partial charge on any atom is -0.439 e. The molecule has 2 bridgehead atoms. The van der Waals surface area contributed by atoms with Crippen molar-refractivity contribution in [2.45, 2.75) is 24.9 Å². The van der Waals surface area contributed by atoms with Crippen LogP contribution in [0, 0.1) is 5.92 Å². The summed E-state index contributed by atoms with van der Waals surface area (Å²) in [5.74, 6) is 0.538. The summed E-state index contributed by atoms with van der Waals surface area (Å²) in [7, 11) is 0. The van der Waals surface area contributed by atoms with Gasteiger partial charge in [-0.3, -0.25) is 9.80 Å². The summed E-state index contributed by atoms with van der Waals surface area (Å²) < 4.78 is 5.77. The van der Waals surface area contributed by atoms with Crippen molar-refractivity contribution in [3.63, 3.8) is 0 Å². The molecule has 4 rings (SSSR count). The van der Waals surface area contributed by atoms with Crippen molar-refractivity contribution in [3.05, 3.63) is 37.1 Å². The predicted octanol–water partition coefficient (Wildman–Crippen LogP) is 2.55. The Morgan fingerprint density at radius 3 is 2.75 bits per heavy atom. The van der Waals surface area contributed by atoms with E-state index in [2.05, 4.69) is 11.5 Å². The van der Waals surface area contributed by atoms with Crippen LogP contribution in [0.2, 0.25) is 0 Å². The number of fused-ring (bicyclic) bond motifs is 2. The highest BCUT2D eigenvalue weighted by atomic mass is 16.6. The SMILES string of the molecule is C=C/C=C\C/C=C/N1C[C@@]2(CN3CCC2CC3)OC1=O. The van der Waals surface area contributed by atoms with E-state index in [1.165, 1.54) is 0 Å². The van der Waals surface area contributed by atoms with Crippen LogP contribution in [0.25, 0.3) is 0 Å². The molecule has 0 radical (unpaired) electrons. The lowest BCUT2D eigenvalue weighted by Gasteiger charge is -2.49. The Bertz CT molecular complexity index is 449. The van der Waals surface area contributed by atoms with Crippen LogP contribution in [0.5, 0.6) is 0 Å². The maximum absolute atomic E-state index is 12.0. The predicted molar refractivity (Wildman–Crippen MR) is 78.2 cm³/mol. The summed E-state index contributed by atoms with van der Waals surface area (Å²) in [6.07, 6.45) is 12.4. The number of amides is 1. The van der Waals surface area contributed by atoms with Gasteiger partial charge in [-0.15, -0.1) is 0 Å². The van der Waals surface area contributed by atoms with Crippen LogP contribution in [0.1, 0.15) is 19.3 Å². The summed E-state index contributed by atoms with van der Waals surface area (Å²) in [4.78, 5) is 16.2. The number of piperidine rings is 3. The Labute approximate surface area is 120 Å². The van der Waals surface area contributed by atoms with E-state index in [0.29, 0.717) is 12.5 Å². The maximum Gasteiger partial charge on any atom is 0.414 e. The molecule has 4 aliphatic heterocycles. The first-order chi connectivity index (χ1) is 9.73. The standard InChI is InChI=1S/C16H22N2O2/c1-2-3-4-5-6-9-18-13-16(20-15(18)19)12-17-10-7-14(16)8-11-17/h2-4,6,9,14H,1,5,7-8,10-13H2/b4-3-,9-6+/t16-/m1/s1. The van der Waals surface area contributed by atoms with E-state index in [4.69, 9.17) is 4.74 Å². The number of carbonyl (C=O) groups excluding carboxylic acids is 1. The highest BCUT2D eigenvalue weighted by Crippen LogP contribution is 2.42. The van der Waals surface area contributed by atoms with Crippen molar-refractivity contribution in [1.82, 2.24) is 9.80 Å². The molecule has 0 aromatic heterocycles. The number of allylic oxidation sites excluding steroid dienone is 4. The molecule has 108 valence electrons. The first-order valence-electron chi connectivity index (χ1n) is 7.40. The third-order valence-corrected chi connectivity index (χ3v) is 4.62. The van der Waals surface area contributed by atoms with Crippen LogP contribution in [0.3, 0.4) is 0 Å². The Balaban J connectivity index is 1.63. The monoisotopic (exact) mass is 274 g/mol. The minimum atomic E-state index is -0.255. The number of ether oxygens (including phenoxy) is 1. The maximum atomic E-state index is 12.0. The second-order valence-electron chi connectivity index (χ2n) is 5.90. The van der Waals surface area contributed by atoms with Gasteiger partial charge in [-0.1, -0.05) is 30.9 Å². The van der Waals surface area contributed by atoms with E-state index in [9.17, 15) is 4.79 Å². The molecule has 20 heavy (non-hydrogen) atoms. The van der Waals surface area contributed by atoms with Gasteiger partial charge in [0.15, 0.2) is 0 Å². The van der Waals surface area contributed by atoms with Crippen molar-refractivity contribution in [2.24, 2.45) is 5.92 Å². The van der Waals surface area contributed by atoms with Crippen molar-refractivity contribution in [3.8, 4) is 0 Å². The molecule has 4 fully saturated rings. The second-order valence-corrected chi connectivity index (χ2v) is 5.90. The molecule has 4 nitrogen and oxygen atoms in total. The summed E-state index contributed by atoms with van der Waals surface area (Å²) in [5, 5.41) is 0. The van der Waals surface area contributed by atoms with Crippen LogP contribution < -0.4 is 0 Å². The molecule has 1 amide bonds. The van der Waals surface area contributed by atoms with Gasteiger partial charge in [-0.25, -0.2) is 4.79 Å². The largest absolute Gasteiger partial charge is 0.439 e. The summed E-state index contributed by atoms with van der Waals surface area (Å²) in [6, 6.07) is 0. The van der Waals surface area contributed by atoms with Crippen molar-refractivity contribution in [2.75, 3.05) is 26.2 Å². The molecule has 0 saturated carbocycles. The lowest BCUT2D eigenvalue weighted by molar-refractivity contribution is -0.0889. The molecule has 4 heterocycles. The highest BCUT2D eigenvalue weighted by molar-refractivity contribution is 5.72. The molecule has 1 atom stereocenters. The topological polar surface area (TPSA) is 32.8 Å². The van der Waals surface area contributed by atoms with Gasteiger partial charge in [0, 0.05) is 18.7 Å². The van der Waals surface area contributed by atoms with E-state index < -0.39 is 0 Å². The van der Waals surface area contributed by atoms with E-state index in [1.54, 1.807) is 11.0 Å². The highest BCUT2D eigenvalue weighted by Gasteiger charge is 2.54. The summed E-state index contributed by atoms with van der Waals surface area (Å²) in [5.41, 5.74) is -0.255. The van der Waals surface area contributed by atoms with Gasteiger partial charge in [0.2, 0.25) is 0 Å². The zero-order valence-electron chi connectivity index (χ0n) is 11.8. The minimum absolute atomic E-state index is 0.192. The van der Waals surface area contributed by atoms with Crippen molar-refractivity contribution >= 4 is 6.09 Å². The zero-order chi connectivity index (χ0) is 14.0. The normalized spacial score (nSPS) is 36.4. The third kappa shape index (κ3) is 2.40. The fourth-order valence-corrected chi connectivity index (χ4v) is 3.59. The molecule has 4 heteroatoms. The fraction of sp³-hybridized carbons (Fsp3) is 0.562. The van der Waals surface area contributed by atoms with Gasteiger partial charge in [-0.05, 0) is 32.4 Å². The molecule has 0 unspecified atom stereocenters. The Morgan fingerprint density at radius 1 is 1.30 bits per heavy atom. The second kappa shape index (κ2) is 5.44. The van der Waals surface area contributed by atoms with Crippen LogP contribution in [-0.4, -0.2) is 47.7 Å². The molecule has 0 aromatic rings. The van der Waals surface area contributed by atoms with E-state index >= 15 is 0 Å². The molecule has 4 aliphatic rings. The van der Waals surface area contributed by atoms with E-state index in [0.717, 1.165) is 38.9 Å². The fourth-order valence-electron chi connectivity index (χ4n) is 3.59. The third-order valence-electron chi connectivity index (χ3n) is 4.62. The molecule has 4 saturated heterocycles. The van der Waals surface area contributed by atoms with Gasteiger partial charge >= 0.3 is 6.09 Å². The van der Waals surface area contributed by atoms with Gasteiger partial charge in [0.25, 0.3) is 0 Å². The molecule has 0 aliphatic carbocycles. The zero-order valence-corrected chi connectivity index (χ0v) is 11.8. The number of nitrogens with zero attached hydrogens (tertiary/aromatic N) is 2. The van der Waals surface area contributed by atoms with Gasteiger partial charge in [-0.2, -0.15) is 0 Å². The average Bonchev–Trinajstić information content (AvgIpc) is 2.76. The Hall–Kier alpha value is -1.55. The van der Waals surface area contributed by atoms with Gasteiger partial charge in [0.1, 0.15) is 5.60 Å². The van der Waals surface area contributed by atoms with E-state index in [-0.39, 0.29) is 11.7 Å². The lowest BCUT2D eigenvalue weighted by Crippen LogP contribution is -2.60. The van der Waals surface area contributed by atoms with Crippen molar-refractivity contribution < 1.29 is 9.53 Å². The Kier molecular flexibility index (Phi) is 3.66. The van der Waals surface area contributed by atoms with Gasteiger partial charge < -0.3 is 4.74 Å². The lowest BCUT2D eigenvalue weighted by atomic mass is 9.75. The average molecular weight is 274 g/mol. The van der Waals surface area contributed by atoms with Crippen molar-refractivity contribution in [1.29, 1.82) is 0 Å². The first-order valence-corrected chi connectivity index (χ1v) is 7.40. The summed E-state index contributed by atoms with van der Waals surface area (Å²) in [6.45, 7) is 7.55. The first kappa shape index (κ1) is 13.4. The molecular weight excluding hydrogens is 252 g/mol. The number of hydrogen-bond donors (Lipinski definition) is 0. The number of rotatable bonds is 4. The molecule has 0 aromatic carbocycles. The molecule has 1 spiro atoms. The quantitative estimate of drug-likeness (QED) is 0.739. The van der Waals surface area contributed by atoms with Gasteiger partial charge in [0.05, 0.1) is 6.54 Å². The van der Waals surface area contributed by atoms with Crippen LogP contribution in [0.15, 0.2) is 37.1 Å². The van der Waals surface area contributed by atoms with Crippen LogP contribution in [0.4, 0.5) is 4.79 Å². The summed E-state index contributed by atoms with van der Waals surface area (Å²) >= 11 is 0. The Morgan fingerprint density at radius 2 is 2.10 bits per heavy atom. The number of hydrogen-bond acceptors (Lipinski definition) is 3. The van der Waals surface area contributed by atoms with Crippen LogP contribution >= 0.6 is 0 Å². The number of carbonyl (C=O) groups is 1. The van der Waals surface area contributed by atoms with E-state index in [1.807, 2.05) is 24.4 Å². The molecular formula is C16H22N2O2. The molecule has 0 N–H and O–H groups in total.